The Morgan fingerprint density at radius 3 is 2.82 bits per heavy atom. The van der Waals surface area contributed by atoms with Gasteiger partial charge in [-0.25, -0.2) is 4.39 Å². The van der Waals surface area contributed by atoms with Gasteiger partial charge in [0, 0.05) is 0 Å². The van der Waals surface area contributed by atoms with Crippen LogP contribution in [0.2, 0.25) is 0 Å². The zero-order chi connectivity index (χ0) is 12.8. The highest BCUT2D eigenvalue weighted by Gasteiger charge is 2.04. The lowest BCUT2D eigenvalue weighted by molar-refractivity contribution is 0.627. The Labute approximate surface area is 97.3 Å². The minimum absolute atomic E-state index is 0.259. The molecule has 0 spiro atoms. The number of amidine groups is 1. The lowest BCUT2D eigenvalue weighted by Gasteiger charge is -2.04. The second kappa shape index (κ2) is 5.29. The molecule has 84 valence electrons. The Hall–Kier alpha value is -2.86. The van der Waals surface area contributed by atoms with Gasteiger partial charge < -0.3 is 5.73 Å². The Balaban J connectivity index is 3.02. The number of hydrogen-bond donors (Lipinski definition) is 3. The molecular formula is C11H8FN5. The zero-order valence-corrected chi connectivity index (χ0v) is 8.66. The van der Waals surface area contributed by atoms with Crippen molar-refractivity contribution in [3.8, 4) is 18.4 Å². The molecular weight excluding hydrogens is 221 g/mol. The normalized spacial score (nSPS) is 10.2. The summed E-state index contributed by atoms with van der Waals surface area (Å²) in [5.74, 6) is 1.33. The molecule has 0 aliphatic carbocycles. The monoisotopic (exact) mass is 229 g/mol. The molecule has 0 bridgehead atoms. The highest BCUT2D eigenvalue weighted by Crippen LogP contribution is 2.15. The van der Waals surface area contributed by atoms with Crippen LogP contribution >= 0.6 is 0 Å². The van der Waals surface area contributed by atoms with Crippen molar-refractivity contribution < 1.29 is 4.39 Å². The van der Waals surface area contributed by atoms with E-state index in [1.807, 2.05) is 0 Å². The van der Waals surface area contributed by atoms with Gasteiger partial charge in [0.1, 0.15) is 11.9 Å². The molecule has 0 saturated carbocycles. The summed E-state index contributed by atoms with van der Waals surface area (Å²) in [5.41, 5.74) is 7.88. The third kappa shape index (κ3) is 3.05. The molecule has 0 aliphatic rings. The van der Waals surface area contributed by atoms with Gasteiger partial charge in [-0.15, -0.1) is 6.42 Å². The topological polar surface area (TPSA) is 98.0 Å². The number of nitriles is 1. The maximum Gasteiger partial charge on any atom is 0.201 e. The van der Waals surface area contributed by atoms with Gasteiger partial charge in [-0.1, -0.05) is 5.92 Å². The first-order valence-corrected chi connectivity index (χ1v) is 4.43. The van der Waals surface area contributed by atoms with Crippen molar-refractivity contribution in [2.45, 2.75) is 0 Å². The van der Waals surface area contributed by atoms with Gasteiger partial charge in [-0.05, 0) is 18.2 Å². The number of nitrogens with zero attached hydrogens (tertiary/aromatic N) is 2. The predicted molar refractivity (Wildman–Crippen MR) is 62.9 cm³/mol. The number of halogens is 1. The SMILES string of the molecule is C#Cc1cc(F)ccc1N/N=C(\C#N)C(=N)N. The van der Waals surface area contributed by atoms with Crippen molar-refractivity contribution in [1.29, 1.82) is 10.7 Å². The molecule has 0 unspecified atom stereocenters. The number of rotatable bonds is 3. The molecule has 4 N–H and O–H groups in total. The van der Waals surface area contributed by atoms with E-state index >= 15 is 0 Å². The van der Waals surface area contributed by atoms with Crippen LogP contribution in [0.4, 0.5) is 10.1 Å². The molecule has 0 amide bonds. The molecule has 5 nitrogen and oxygen atoms in total. The fraction of sp³-hybridized carbons (Fsp3) is 0. The van der Waals surface area contributed by atoms with Crippen molar-refractivity contribution in [1.82, 2.24) is 0 Å². The zero-order valence-electron chi connectivity index (χ0n) is 8.66. The third-order valence-corrected chi connectivity index (χ3v) is 1.79. The van der Waals surface area contributed by atoms with Crippen molar-refractivity contribution >= 4 is 17.2 Å². The fourth-order valence-corrected chi connectivity index (χ4v) is 0.995. The van der Waals surface area contributed by atoms with Crippen LogP contribution in [-0.2, 0) is 0 Å². The van der Waals surface area contributed by atoms with Crippen molar-refractivity contribution in [2.75, 3.05) is 5.43 Å². The number of nitrogens with one attached hydrogen (secondary N) is 2. The minimum atomic E-state index is -0.473. The van der Waals surface area contributed by atoms with Gasteiger partial charge >= 0.3 is 0 Å². The first-order chi connectivity index (χ1) is 8.08. The molecule has 1 rings (SSSR count). The maximum atomic E-state index is 12.9. The van der Waals surface area contributed by atoms with E-state index in [2.05, 4.69) is 16.4 Å². The van der Waals surface area contributed by atoms with E-state index in [0.29, 0.717) is 5.69 Å². The smallest absolute Gasteiger partial charge is 0.201 e. The van der Waals surface area contributed by atoms with Gasteiger partial charge in [-0.3, -0.25) is 10.8 Å². The van der Waals surface area contributed by atoms with E-state index in [1.165, 1.54) is 12.1 Å². The summed E-state index contributed by atoms with van der Waals surface area (Å²) in [6.07, 6.45) is 5.18. The summed E-state index contributed by atoms with van der Waals surface area (Å²) in [7, 11) is 0. The van der Waals surface area contributed by atoms with E-state index in [-0.39, 0.29) is 11.3 Å². The van der Waals surface area contributed by atoms with Crippen LogP contribution in [0.3, 0.4) is 0 Å². The molecule has 0 heterocycles. The Kier molecular flexibility index (Phi) is 3.80. The predicted octanol–water partition coefficient (Wildman–Crippen LogP) is 1.03. The Morgan fingerprint density at radius 1 is 1.59 bits per heavy atom. The van der Waals surface area contributed by atoms with Gasteiger partial charge in [-0.2, -0.15) is 10.4 Å². The largest absolute Gasteiger partial charge is 0.382 e. The average molecular weight is 229 g/mol. The summed E-state index contributed by atoms with van der Waals surface area (Å²) < 4.78 is 12.9. The second-order valence-electron chi connectivity index (χ2n) is 2.93. The maximum absolute atomic E-state index is 12.9. The minimum Gasteiger partial charge on any atom is -0.382 e. The summed E-state index contributed by atoms with van der Waals surface area (Å²) in [5, 5.41) is 19.2. The highest BCUT2D eigenvalue weighted by molar-refractivity contribution is 6.45. The molecule has 1 aromatic carbocycles. The van der Waals surface area contributed by atoms with Crippen LogP contribution in [0.15, 0.2) is 23.3 Å². The molecule has 0 aliphatic heterocycles. The van der Waals surface area contributed by atoms with Crippen molar-refractivity contribution in [3.05, 3.63) is 29.6 Å². The number of nitrogens with two attached hydrogens (primary N) is 1. The van der Waals surface area contributed by atoms with Gasteiger partial charge in [0.25, 0.3) is 0 Å². The van der Waals surface area contributed by atoms with Gasteiger partial charge in [0.05, 0.1) is 11.3 Å². The van der Waals surface area contributed by atoms with Gasteiger partial charge in [0.2, 0.25) is 5.71 Å². The lowest BCUT2D eigenvalue weighted by atomic mass is 10.2. The molecule has 0 radical (unpaired) electrons. The van der Waals surface area contributed by atoms with E-state index in [4.69, 9.17) is 22.8 Å². The number of hydrazone groups is 1. The van der Waals surface area contributed by atoms with Crippen LogP contribution < -0.4 is 11.2 Å². The van der Waals surface area contributed by atoms with Crippen LogP contribution in [0, 0.1) is 34.9 Å². The fourth-order valence-electron chi connectivity index (χ4n) is 0.995. The number of terminal acetylenes is 1. The number of anilines is 1. The molecule has 0 fully saturated rings. The Morgan fingerprint density at radius 2 is 2.29 bits per heavy atom. The quantitative estimate of drug-likeness (QED) is 0.312. The molecule has 0 atom stereocenters. The van der Waals surface area contributed by atoms with Crippen LogP contribution in [0.5, 0.6) is 0 Å². The summed E-state index contributed by atoms with van der Waals surface area (Å²) in [6.45, 7) is 0. The molecule has 0 aromatic heterocycles. The first kappa shape index (κ1) is 12.2. The van der Waals surface area contributed by atoms with Crippen LogP contribution in [0.1, 0.15) is 5.56 Å². The summed E-state index contributed by atoms with van der Waals surface area (Å²) >= 11 is 0. The third-order valence-electron chi connectivity index (χ3n) is 1.79. The highest BCUT2D eigenvalue weighted by atomic mass is 19.1. The number of hydrogen-bond acceptors (Lipinski definition) is 4. The second-order valence-corrected chi connectivity index (χ2v) is 2.93. The van der Waals surface area contributed by atoms with Gasteiger partial charge in [0.15, 0.2) is 5.84 Å². The standard InChI is InChI=1S/C11H8FN5/c1-2-7-5-8(12)3-4-9(7)16-17-10(6-13)11(14)15/h1,3-5,16H,(H3,14,15)/b17-10+. The molecule has 0 saturated heterocycles. The number of benzene rings is 1. The lowest BCUT2D eigenvalue weighted by Crippen LogP contribution is -2.21. The van der Waals surface area contributed by atoms with E-state index in [9.17, 15) is 4.39 Å². The Bertz CT molecular complexity index is 562. The van der Waals surface area contributed by atoms with Crippen molar-refractivity contribution in [2.24, 2.45) is 10.8 Å². The summed E-state index contributed by atoms with van der Waals surface area (Å²) in [4.78, 5) is 0. The summed E-state index contributed by atoms with van der Waals surface area (Å²) in [6, 6.07) is 5.35. The average Bonchev–Trinajstić information content (AvgIpc) is 2.31. The van der Waals surface area contributed by atoms with E-state index in [1.54, 1.807) is 6.07 Å². The van der Waals surface area contributed by atoms with E-state index < -0.39 is 11.7 Å². The van der Waals surface area contributed by atoms with Crippen LogP contribution in [0.25, 0.3) is 0 Å². The van der Waals surface area contributed by atoms with Crippen molar-refractivity contribution in [3.63, 3.8) is 0 Å². The van der Waals surface area contributed by atoms with Crippen LogP contribution in [-0.4, -0.2) is 11.5 Å². The molecule has 17 heavy (non-hydrogen) atoms. The van der Waals surface area contributed by atoms with E-state index in [0.717, 1.165) is 6.07 Å². The first-order valence-electron chi connectivity index (χ1n) is 4.43. The molecule has 1 aromatic rings. The molecule has 6 heteroatoms.